The third-order valence-corrected chi connectivity index (χ3v) is 3.01. The molecule has 1 radical (unpaired) electrons. The van der Waals surface area contributed by atoms with E-state index in [4.69, 9.17) is 0 Å². The molecule has 0 saturated carbocycles. The predicted molar refractivity (Wildman–Crippen MR) is 98.8 cm³/mol. The molecule has 0 atom stereocenters. The first-order chi connectivity index (χ1) is 9.62. The topological polar surface area (TPSA) is 0 Å². The van der Waals surface area contributed by atoms with Crippen molar-refractivity contribution in [1.82, 2.24) is 0 Å². The second kappa shape index (κ2) is 15.8. The van der Waals surface area contributed by atoms with Gasteiger partial charge < -0.3 is 24.8 Å². The molecular weight excluding hydrogens is 518 g/mol. The van der Waals surface area contributed by atoms with Crippen LogP contribution in [0.1, 0.15) is 54.4 Å². The number of rotatable bonds is 0. The molecule has 4 heteroatoms. The van der Waals surface area contributed by atoms with E-state index in [1.807, 2.05) is 0 Å². The first kappa shape index (κ1) is 32.3. The third-order valence-electron chi connectivity index (χ3n) is 3.01. The molecule has 0 aromatic rings. The van der Waals surface area contributed by atoms with Gasteiger partial charge in [-0.1, -0.05) is 54.6 Å². The monoisotopic (exact) mass is 551 g/mol. The van der Waals surface area contributed by atoms with Gasteiger partial charge in [0, 0.05) is 9.52 Å². The predicted octanol–water partition coefficient (Wildman–Crippen LogP) is -0.0314. The van der Waals surface area contributed by atoms with Gasteiger partial charge in [-0.25, -0.2) is 23.3 Å². The molecule has 2 rings (SSSR count). The standard InChI is InChI=1S/2C9H13.C2H7Si.2ClH.Hf/c2*1-9(2,3)8-6-4-5-7-8;1-3-2;;;/h2*4,6H,5H2,1-3H3;3H,1-2H3;2*1H;/q2*-1;;;;+4/p-2. The summed E-state index contributed by atoms with van der Waals surface area (Å²) >= 11 is 0. The van der Waals surface area contributed by atoms with Gasteiger partial charge in [-0.15, -0.1) is 12.8 Å². The molecule has 0 amide bonds. The summed E-state index contributed by atoms with van der Waals surface area (Å²) in [7, 11) is 0.750. The van der Waals surface area contributed by atoms with Crippen molar-refractivity contribution in [3.05, 3.63) is 47.6 Å². The second-order valence-corrected chi connectivity index (χ2v) is 8.63. The van der Waals surface area contributed by atoms with Crippen molar-refractivity contribution in [3.8, 4) is 0 Å². The summed E-state index contributed by atoms with van der Waals surface area (Å²) < 4.78 is 0. The van der Waals surface area contributed by atoms with E-state index in [2.05, 4.69) is 91.1 Å². The van der Waals surface area contributed by atoms with Crippen molar-refractivity contribution in [2.45, 2.75) is 67.5 Å². The molecule has 0 saturated heterocycles. The van der Waals surface area contributed by atoms with Crippen LogP contribution < -0.4 is 24.8 Å². The van der Waals surface area contributed by atoms with E-state index >= 15 is 0 Å². The average Bonchev–Trinajstić information content (AvgIpc) is 3.03. The van der Waals surface area contributed by atoms with Gasteiger partial charge in [0.15, 0.2) is 0 Å². The van der Waals surface area contributed by atoms with E-state index < -0.39 is 0 Å². The Morgan fingerprint density at radius 1 is 0.750 bits per heavy atom. The fourth-order valence-corrected chi connectivity index (χ4v) is 1.84. The summed E-state index contributed by atoms with van der Waals surface area (Å²) in [5.74, 6) is 0. The molecule has 0 heterocycles. The Morgan fingerprint density at radius 3 is 1.08 bits per heavy atom. The van der Waals surface area contributed by atoms with Crippen molar-refractivity contribution in [2.75, 3.05) is 0 Å². The largest absolute Gasteiger partial charge is 4.00 e. The van der Waals surface area contributed by atoms with Gasteiger partial charge in [0.25, 0.3) is 0 Å². The Hall–Kier alpha value is 0.627. The molecule has 0 aromatic heterocycles. The van der Waals surface area contributed by atoms with Gasteiger partial charge in [0.1, 0.15) is 0 Å². The minimum Gasteiger partial charge on any atom is -1.00 e. The van der Waals surface area contributed by atoms with E-state index in [1.54, 1.807) is 0 Å². The Kier molecular flexibility index (Phi) is 21.3. The van der Waals surface area contributed by atoms with E-state index in [1.165, 1.54) is 11.1 Å². The van der Waals surface area contributed by atoms with Gasteiger partial charge in [-0.3, -0.25) is 12.2 Å². The Labute approximate surface area is 185 Å². The molecule has 135 valence electrons. The number of allylic oxidation sites excluding steroid dienone is 8. The number of hydrogen-bond acceptors (Lipinski definition) is 0. The van der Waals surface area contributed by atoms with Gasteiger partial charge in [-0.05, 0) is 10.8 Å². The van der Waals surface area contributed by atoms with E-state index in [0.717, 1.165) is 22.4 Å². The molecule has 0 aliphatic heterocycles. The zero-order valence-corrected chi connectivity index (χ0v) is 22.8. The van der Waals surface area contributed by atoms with Crippen molar-refractivity contribution in [3.63, 3.8) is 0 Å². The number of hydrogen-bond donors (Lipinski definition) is 0. The summed E-state index contributed by atoms with van der Waals surface area (Å²) in [6.45, 7) is 17.7. The first-order valence-electron chi connectivity index (χ1n) is 7.92. The van der Waals surface area contributed by atoms with Crippen LogP contribution in [0.4, 0.5) is 0 Å². The van der Waals surface area contributed by atoms with E-state index in [0.29, 0.717) is 10.8 Å². The fraction of sp³-hybridized carbons (Fsp3) is 0.600. The van der Waals surface area contributed by atoms with Crippen LogP contribution in [-0.2, 0) is 25.8 Å². The molecule has 2 aliphatic rings. The van der Waals surface area contributed by atoms with Crippen LogP contribution in [0.2, 0.25) is 13.1 Å². The van der Waals surface area contributed by atoms with Crippen LogP contribution in [0.5, 0.6) is 0 Å². The van der Waals surface area contributed by atoms with Crippen molar-refractivity contribution in [1.29, 1.82) is 0 Å². The minimum absolute atomic E-state index is 0. The molecule has 0 N–H and O–H groups in total. The zero-order chi connectivity index (χ0) is 16.5. The Balaban J connectivity index is -0.000000130. The van der Waals surface area contributed by atoms with Crippen LogP contribution in [0.3, 0.4) is 0 Å². The van der Waals surface area contributed by atoms with Crippen molar-refractivity contribution >= 4 is 9.52 Å². The molecule has 0 nitrogen and oxygen atoms in total. The minimum atomic E-state index is 0. The quantitative estimate of drug-likeness (QED) is 0.294. The van der Waals surface area contributed by atoms with Gasteiger partial charge in [0.2, 0.25) is 0 Å². The number of halogens is 2. The van der Waals surface area contributed by atoms with E-state index in [9.17, 15) is 0 Å². The molecule has 0 spiro atoms. The zero-order valence-electron chi connectivity index (χ0n) is 16.6. The van der Waals surface area contributed by atoms with Gasteiger partial charge in [-0.2, -0.15) is 12.2 Å². The van der Waals surface area contributed by atoms with Crippen LogP contribution in [0.15, 0.2) is 35.5 Å². The molecule has 0 fully saturated rings. The van der Waals surface area contributed by atoms with Crippen LogP contribution >= 0.6 is 0 Å². The van der Waals surface area contributed by atoms with Gasteiger partial charge in [0.05, 0.1) is 0 Å². The molecular formula is C20H33Cl2HfSi. The maximum absolute atomic E-state index is 3.30. The third kappa shape index (κ3) is 14.9. The van der Waals surface area contributed by atoms with Crippen LogP contribution in [0, 0.1) is 23.0 Å². The van der Waals surface area contributed by atoms with Crippen molar-refractivity contribution < 1.29 is 50.7 Å². The van der Waals surface area contributed by atoms with Crippen LogP contribution in [-0.4, -0.2) is 9.52 Å². The van der Waals surface area contributed by atoms with Crippen LogP contribution in [0.25, 0.3) is 0 Å². The molecule has 0 unspecified atom stereocenters. The summed E-state index contributed by atoms with van der Waals surface area (Å²) in [6, 6.07) is 0. The maximum atomic E-state index is 3.30. The summed E-state index contributed by atoms with van der Waals surface area (Å²) in [5.41, 5.74) is 3.30. The second-order valence-electron chi connectivity index (χ2n) is 7.47. The van der Waals surface area contributed by atoms with Crippen molar-refractivity contribution in [2.24, 2.45) is 10.8 Å². The summed E-state index contributed by atoms with van der Waals surface area (Å²) in [6.07, 6.45) is 17.3. The SMILES string of the molecule is CC(C)(C)C1=[C-]CC=C1.CC(C)(C)C1=[C-]CC=C1.C[SiH]C.[Cl-].[Cl-].[Hf+4]. The molecule has 2 aliphatic carbocycles. The summed E-state index contributed by atoms with van der Waals surface area (Å²) in [5, 5.41) is 0. The normalized spacial score (nSPS) is 14.5. The molecule has 0 bridgehead atoms. The molecule has 0 aromatic carbocycles. The fourth-order valence-electron chi connectivity index (χ4n) is 1.84. The first-order valence-corrected chi connectivity index (χ1v) is 10.2. The van der Waals surface area contributed by atoms with Gasteiger partial charge >= 0.3 is 25.8 Å². The van der Waals surface area contributed by atoms with E-state index in [-0.39, 0.29) is 50.7 Å². The Morgan fingerprint density at radius 2 is 1.00 bits per heavy atom. The average molecular weight is 551 g/mol. The Bertz CT molecular complexity index is 382. The maximum Gasteiger partial charge on any atom is 4.00 e. The smallest absolute Gasteiger partial charge is 1.00 e. The molecule has 24 heavy (non-hydrogen) atoms. The summed E-state index contributed by atoms with van der Waals surface area (Å²) in [4.78, 5) is 0.